The van der Waals surface area contributed by atoms with E-state index in [4.69, 9.17) is 4.74 Å². The largest absolute Gasteiger partial charge is 0.383 e. The van der Waals surface area contributed by atoms with Crippen LogP contribution < -0.4 is 5.32 Å². The highest BCUT2D eigenvalue weighted by Gasteiger charge is 2.11. The number of anilines is 1. The summed E-state index contributed by atoms with van der Waals surface area (Å²) in [5.41, 5.74) is 1.06. The van der Waals surface area contributed by atoms with Gasteiger partial charge in [-0.05, 0) is 18.8 Å². The lowest BCUT2D eigenvalue weighted by Crippen LogP contribution is -2.17. The SMILES string of the molecule is COCCNc1nc(C)cn1CC(C)C(C)C. The minimum Gasteiger partial charge on any atom is -0.383 e. The Balaban J connectivity index is 2.63. The molecule has 0 aliphatic heterocycles. The average Bonchev–Trinajstić information content (AvgIpc) is 2.59. The third-order valence-electron chi connectivity index (χ3n) is 3.11. The molecule has 17 heavy (non-hydrogen) atoms. The van der Waals surface area contributed by atoms with Crippen molar-refractivity contribution in [2.75, 3.05) is 25.6 Å². The molecule has 98 valence electrons. The predicted octanol–water partition coefficient (Wildman–Crippen LogP) is 2.54. The number of rotatable bonds is 7. The number of imidazole rings is 1. The van der Waals surface area contributed by atoms with Gasteiger partial charge in [0.25, 0.3) is 0 Å². The Morgan fingerprint density at radius 3 is 2.71 bits per heavy atom. The van der Waals surface area contributed by atoms with Crippen LogP contribution >= 0.6 is 0 Å². The standard InChI is InChI=1S/C13H25N3O/c1-10(2)11(3)8-16-9-12(4)15-13(16)14-6-7-17-5/h9-11H,6-8H2,1-5H3,(H,14,15). The van der Waals surface area contributed by atoms with Gasteiger partial charge < -0.3 is 14.6 Å². The quantitative estimate of drug-likeness (QED) is 0.743. The maximum Gasteiger partial charge on any atom is 0.203 e. The molecule has 0 saturated carbocycles. The lowest BCUT2D eigenvalue weighted by Gasteiger charge is -2.17. The van der Waals surface area contributed by atoms with Crippen LogP contribution in [-0.4, -0.2) is 29.8 Å². The fraction of sp³-hybridized carbons (Fsp3) is 0.769. The lowest BCUT2D eigenvalue weighted by molar-refractivity contribution is 0.210. The van der Waals surface area contributed by atoms with E-state index < -0.39 is 0 Å². The van der Waals surface area contributed by atoms with E-state index in [-0.39, 0.29) is 0 Å². The summed E-state index contributed by atoms with van der Waals surface area (Å²) in [5.74, 6) is 2.28. The lowest BCUT2D eigenvalue weighted by atomic mass is 9.98. The van der Waals surface area contributed by atoms with Crippen LogP contribution in [0.3, 0.4) is 0 Å². The number of aryl methyl sites for hydroxylation is 1. The Labute approximate surface area is 104 Å². The van der Waals surface area contributed by atoms with Crippen molar-refractivity contribution >= 4 is 5.95 Å². The molecule has 0 aliphatic carbocycles. The van der Waals surface area contributed by atoms with Crippen molar-refractivity contribution in [3.8, 4) is 0 Å². The third kappa shape index (κ3) is 4.38. The van der Waals surface area contributed by atoms with Crippen molar-refractivity contribution in [2.45, 2.75) is 34.2 Å². The molecule has 4 heteroatoms. The molecule has 0 radical (unpaired) electrons. The van der Waals surface area contributed by atoms with Gasteiger partial charge in [-0.25, -0.2) is 4.98 Å². The van der Waals surface area contributed by atoms with Crippen LogP contribution in [0, 0.1) is 18.8 Å². The summed E-state index contributed by atoms with van der Waals surface area (Å²) < 4.78 is 7.23. The van der Waals surface area contributed by atoms with Gasteiger partial charge in [0.15, 0.2) is 0 Å². The van der Waals surface area contributed by atoms with Gasteiger partial charge in [0.1, 0.15) is 0 Å². The molecular weight excluding hydrogens is 214 g/mol. The summed E-state index contributed by atoms with van der Waals surface area (Å²) in [5, 5.41) is 3.31. The Kier molecular flexibility index (Phi) is 5.48. The molecule has 0 aromatic carbocycles. The van der Waals surface area contributed by atoms with E-state index >= 15 is 0 Å². The smallest absolute Gasteiger partial charge is 0.203 e. The van der Waals surface area contributed by atoms with Gasteiger partial charge in [-0.1, -0.05) is 20.8 Å². The molecule has 1 aromatic rings. The zero-order chi connectivity index (χ0) is 12.8. The minimum atomic E-state index is 0.645. The summed E-state index contributed by atoms with van der Waals surface area (Å²) >= 11 is 0. The molecule has 1 atom stereocenters. The van der Waals surface area contributed by atoms with Crippen molar-refractivity contribution in [3.63, 3.8) is 0 Å². The van der Waals surface area contributed by atoms with Gasteiger partial charge in [-0.15, -0.1) is 0 Å². The second kappa shape index (κ2) is 6.64. The Morgan fingerprint density at radius 2 is 2.12 bits per heavy atom. The fourth-order valence-electron chi connectivity index (χ4n) is 1.61. The van der Waals surface area contributed by atoms with Crippen LogP contribution in [0.15, 0.2) is 6.20 Å². The predicted molar refractivity (Wildman–Crippen MR) is 71.3 cm³/mol. The van der Waals surface area contributed by atoms with E-state index in [0.717, 1.165) is 24.7 Å². The molecule has 1 heterocycles. The monoisotopic (exact) mass is 239 g/mol. The van der Waals surface area contributed by atoms with E-state index in [0.29, 0.717) is 18.4 Å². The third-order valence-corrected chi connectivity index (χ3v) is 3.11. The highest BCUT2D eigenvalue weighted by molar-refractivity contribution is 5.28. The number of hydrogen-bond donors (Lipinski definition) is 1. The molecule has 0 spiro atoms. The molecule has 1 N–H and O–H groups in total. The molecule has 0 bridgehead atoms. The first-order valence-electron chi connectivity index (χ1n) is 6.31. The molecule has 1 rings (SSSR count). The first-order chi connectivity index (χ1) is 8.04. The maximum absolute atomic E-state index is 5.03. The molecule has 0 saturated heterocycles. The summed E-state index contributed by atoms with van der Waals surface area (Å²) in [7, 11) is 1.71. The molecule has 1 unspecified atom stereocenters. The van der Waals surface area contributed by atoms with Gasteiger partial charge in [-0.2, -0.15) is 0 Å². The molecule has 0 fully saturated rings. The second-order valence-corrected chi connectivity index (χ2v) is 5.00. The summed E-state index contributed by atoms with van der Waals surface area (Å²) in [6.07, 6.45) is 2.11. The molecule has 0 amide bonds. The van der Waals surface area contributed by atoms with Crippen LogP contribution in [0.4, 0.5) is 5.95 Å². The van der Waals surface area contributed by atoms with Crippen molar-refractivity contribution in [1.82, 2.24) is 9.55 Å². The van der Waals surface area contributed by atoms with Crippen LogP contribution in [-0.2, 0) is 11.3 Å². The van der Waals surface area contributed by atoms with Gasteiger partial charge in [0, 0.05) is 26.4 Å². The Bertz CT molecular complexity index is 333. The highest BCUT2D eigenvalue weighted by Crippen LogP contribution is 2.16. The van der Waals surface area contributed by atoms with E-state index in [9.17, 15) is 0 Å². The first kappa shape index (κ1) is 14.0. The average molecular weight is 239 g/mol. The molecule has 0 aliphatic rings. The maximum atomic E-state index is 5.03. The van der Waals surface area contributed by atoms with Crippen LogP contribution in [0.5, 0.6) is 0 Å². The molecule has 1 aromatic heterocycles. The van der Waals surface area contributed by atoms with E-state index in [2.05, 4.69) is 41.8 Å². The number of nitrogens with one attached hydrogen (secondary N) is 1. The van der Waals surface area contributed by atoms with Gasteiger partial charge >= 0.3 is 0 Å². The zero-order valence-electron chi connectivity index (χ0n) is 11.7. The second-order valence-electron chi connectivity index (χ2n) is 5.00. The molecular formula is C13H25N3O. The first-order valence-corrected chi connectivity index (χ1v) is 6.31. The minimum absolute atomic E-state index is 0.645. The summed E-state index contributed by atoms with van der Waals surface area (Å²) in [4.78, 5) is 4.49. The topological polar surface area (TPSA) is 39.1 Å². The van der Waals surface area contributed by atoms with E-state index in [1.54, 1.807) is 7.11 Å². The highest BCUT2D eigenvalue weighted by atomic mass is 16.5. The van der Waals surface area contributed by atoms with Gasteiger partial charge in [0.05, 0.1) is 12.3 Å². The van der Waals surface area contributed by atoms with Crippen molar-refractivity contribution in [2.24, 2.45) is 11.8 Å². The van der Waals surface area contributed by atoms with Crippen LogP contribution in [0.25, 0.3) is 0 Å². The summed E-state index contributed by atoms with van der Waals surface area (Å²) in [6, 6.07) is 0. The number of nitrogens with zero attached hydrogens (tertiary/aromatic N) is 2. The van der Waals surface area contributed by atoms with Gasteiger partial charge in [-0.3, -0.25) is 0 Å². The van der Waals surface area contributed by atoms with Gasteiger partial charge in [0.2, 0.25) is 5.95 Å². The number of hydrogen-bond acceptors (Lipinski definition) is 3. The Hall–Kier alpha value is -1.03. The van der Waals surface area contributed by atoms with Crippen molar-refractivity contribution in [3.05, 3.63) is 11.9 Å². The number of methoxy groups -OCH3 is 1. The zero-order valence-corrected chi connectivity index (χ0v) is 11.7. The summed E-state index contributed by atoms with van der Waals surface area (Å²) in [6.45, 7) is 11.3. The van der Waals surface area contributed by atoms with Crippen LogP contribution in [0.1, 0.15) is 26.5 Å². The van der Waals surface area contributed by atoms with Crippen molar-refractivity contribution in [1.29, 1.82) is 0 Å². The number of ether oxygens (including phenoxy) is 1. The number of aromatic nitrogens is 2. The molecule has 4 nitrogen and oxygen atoms in total. The van der Waals surface area contributed by atoms with Crippen molar-refractivity contribution < 1.29 is 4.74 Å². The Morgan fingerprint density at radius 1 is 1.41 bits per heavy atom. The normalized spacial score (nSPS) is 13.1. The van der Waals surface area contributed by atoms with E-state index in [1.807, 2.05) is 6.92 Å². The fourth-order valence-corrected chi connectivity index (χ4v) is 1.61. The van der Waals surface area contributed by atoms with Crippen LogP contribution in [0.2, 0.25) is 0 Å². The van der Waals surface area contributed by atoms with E-state index in [1.165, 1.54) is 0 Å².